The van der Waals surface area contributed by atoms with Crippen LogP contribution in [0.15, 0.2) is 182 Å². The molecule has 0 atom stereocenters. The predicted molar refractivity (Wildman–Crippen MR) is 225 cm³/mol. The first kappa shape index (κ1) is 30.7. The summed E-state index contributed by atoms with van der Waals surface area (Å²) in [5, 5.41) is 3.02. The first-order valence-corrected chi connectivity index (χ1v) is 18.7. The van der Waals surface area contributed by atoms with Gasteiger partial charge in [0.2, 0.25) is 5.95 Å². The van der Waals surface area contributed by atoms with Crippen LogP contribution in [0.2, 0.25) is 0 Å². The second-order valence-electron chi connectivity index (χ2n) is 14.2. The number of anilines is 3. The summed E-state index contributed by atoms with van der Waals surface area (Å²) >= 11 is 0. The van der Waals surface area contributed by atoms with Gasteiger partial charge in [0.05, 0.1) is 28.1 Å². The van der Waals surface area contributed by atoms with Crippen molar-refractivity contribution in [2.24, 2.45) is 0 Å². The van der Waals surface area contributed by atoms with E-state index in [0.717, 1.165) is 101 Å². The molecule has 2 aliphatic rings. The number of hydrogen-bond donors (Lipinski definition) is 0. The van der Waals surface area contributed by atoms with Crippen LogP contribution < -0.4 is 14.4 Å². The monoisotopic (exact) mass is 718 g/mol. The van der Waals surface area contributed by atoms with E-state index in [9.17, 15) is 0 Å². The molecular formula is C50H30N4O2. The minimum Gasteiger partial charge on any atom is -0.453 e. The first-order valence-electron chi connectivity index (χ1n) is 18.7. The van der Waals surface area contributed by atoms with Gasteiger partial charge in [0.25, 0.3) is 0 Å². The maximum atomic E-state index is 7.20. The van der Waals surface area contributed by atoms with Gasteiger partial charge in [-0.1, -0.05) is 140 Å². The molecule has 10 aromatic rings. The van der Waals surface area contributed by atoms with E-state index in [-0.39, 0.29) is 0 Å². The zero-order valence-corrected chi connectivity index (χ0v) is 29.9. The molecule has 2 aliphatic heterocycles. The van der Waals surface area contributed by atoms with Gasteiger partial charge in [-0.2, -0.15) is 0 Å². The number of hydrogen-bond acceptors (Lipinski definition) is 5. The molecule has 56 heavy (non-hydrogen) atoms. The van der Waals surface area contributed by atoms with E-state index in [1.807, 2.05) is 42.5 Å². The summed E-state index contributed by atoms with van der Waals surface area (Å²) in [5.41, 5.74) is 11.7. The highest BCUT2D eigenvalue weighted by atomic mass is 16.5. The van der Waals surface area contributed by atoms with Crippen molar-refractivity contribution in [3.63, 3.8) is 0 Å². The summed E-state index contributed by atoms with van der Waals surface area (Å²) in [7, 11) is 0. The highest BCUT2D eigenvalue weighted by molar-refractivity contribution is 6.16. The summed E-state index contributed by atoms with van der Waals surface area (Å²) in [6.45, 7) is 0. The van der Waals surface area contributed by atoms with E-state index in [0.29, 0.717) is 11.7 Å². The Labute approximate surface area is 322 Å². The summed E-state index contributed by atoms with van der Waals surface area (Å²) in [6.07, 6.45) is 0. The second-order valence-corrected chi connectivity index (χ2v) is 14.2. The van der Waals surface area contributed by atoms with Gasteiger partial charge in [-0.25, -0.2) is 9.97 Å². The van der Waals surface area contributed by atoms with Gasteiger partial charge >= 0.3 is 0 Å². The van der Waals surface area contributed by atoms with Crippen molar-refractivity contribution >= 4 is 49.8 Å². The van der Waals surface area contributed by atoms with E-state index in [1.165, 1.54) is 0 Å². The van der Waals surface area contributed by atoms with Crippen molar-refractivity contribution < 1.29 is 9.47 Å². The van der Waals surface area contributed by atoms with Gasteiger partial charge in [0, 0.05) is 21.7 Å². The SMILES string of the molecule is c1ccc(-c2ccc3c(c2)Oc2cc4c5ccccc5n(-c5nc(-c6ccccc6)c6ccccc6n5)c4c4c2N3c2ccc(-c3ccccc3)cc2O4)cc1. The van der Waals surface area contributed by atoms with Crippen LogP contribution in [0.25, 0.3) is 72.2 Å². The van der Waals surface area contributed by atoms with Gasteiger partial charge in [0.1, 0.15) is 11.2 Å². The van der Waals surface area contributed by atoms with Crippen LogP contribution in [-0.4, -0.2) is 14.5 Å². The highest BCUT2D eigenvalue weighted by Crippen LogP contribution is 2.63. The van der Waals surface area contributed by atoms with E-state index in [1.54, 1.807) is 0 Å². The zero-order valence-electron chi connectivity index (χ0n) is 29.9. The van der Waals surface area contributed by atoms with Gasteiger partial charge < -0.3 is 9.47 Å². The van der Waals surface area contributed by atoms with Crippen LogP contribution in [0.5, 0.6) is 23.0 Å². The van der Waals surface area contributed by atoms with Gasteiger partial charge in [-0.15, -0.1) is 0 Å². The molecule has 0 saturated heterocycles. The molecule has 0 radical (unpaired) electrons. The largest absolute Gasteiger partial charge is 0.453 e. The van der Waals surface area contributed by atoms with Gasteiger partial charge in [-0.3, -0.25) is 9.47 Å². The Morgan fingerprint density at radius 3 is 1.66 bits per heavy atom. The molecule has 4 heterocycles. The van der Waals surface area contributed by atoms with Crippen molar-refractivity contribution in [2.75, 3.05) is 4.90 Å². The van der Waals surface area contributed by atoms with Gasteiger partial charge in [0.15, 0.2) is 23.0 Å². The van der Waals surface area contributed by atoms with Crippen LogP contribution in [0.3, 0.4) is 0 Å². The Hall–Kier alpha value is -7.70. The fraction of sp³-hybridized carbons (Fsp3) is 0. The highest BCUT2D eigenvalue weighted by Gasteiger charge is 2.38. The third kappa shape index (κ3) is 4.56. The standard InChI is InChI=1S/C50H30N4O2/c1-4-14-31(15-5-1)34-24-26-41-43(28-34)55-45-30-38-36-20-11-13-23-40(36)54(50-51-39-22-12-10-21-37(39)46(52-50)33-18-8-3-9-19-33)47(38)49-48(45)53(41)42-27-25-35(29-44(42)56-49)32-16-6-2-7-17-32/h1-30H. The molecule has 0 unspecified atom stereocenters. The van der Waals surface area contributed by atoms with E-state index >= 15 is 0 Å². The Morgan fingerprint density at radius 2 is 0.982 bits per heavy atom. The van der Waals surface area contributed by atoms with Crippen LogP contribution in [0, 0.1) is 0 Å². The number of ether oxygens (including phenoxy) is 2. The molecule has 2 aromatic heterocycles. The first-order chi connectivity index (χ1) is 27.8. The smallest absolute Gasteiger partial charge is 0.235 e. The van der Waals surface area contributed by atoms with Gasteiger partial charge in [-0.05, 0) is 64.7 Å². The quantitative estimate of drug-likeness (QED) is 0.181. The molecule has 0 spiro atoms. The summed E-state index contributed by atoms with van der Waals surface area (Å²) in [6, 6.07) is 62.9. The molecule has 0 aliphatic carbocycles. The molecular weight excluding hydrogens is 689 g/mol. The Bertz CT molecular complexity index is 3180. The lowest BCUT2D eigenvalue weighted by molar-refractivity contribution is 0.449. The number of rotatable bonds is 4. The van der Waals surface area contributed by atoms with E-state index < -0.39 is 0 Å². The fourth-order valence-corrected chi connectivity index (χ4v) is 8.41. The van der Waals surface area contributed by atoms with Crippen LogP contribution in [-0.2, 0) is 0 Å². The molecule has 0 N–H and O–H groups in total. The molecule has 0 saturated carbocycles. The molecule has 12 rings (SSSR count). The van der Waals surface area contributed by atoms with Crippen LogP contribution in [0.4, 0.5) is 17.1 Å². The van der Waals surface area contributed by atoms with Crippen molar-refractivity contribution in [2.45, 2.75) is 0 Å². The van der Waals surface area contributed by atoms with E-state index in [2.05, 4.69) is 149 Å². The Balaban J connectivity index is 1.16. The summed E-state index contributed by atoms with van der Waals surface area (Å²) < 4.78 is 16.3. The van der Waals surface area contributed by atoms with Crippen molar-refractivity contribution in [3.05, 3.63) is 182 Å². The van der Waals surface area contributed by atoms with Crippen molar-refractivity contribution in [1.29, 1.82) is 0 Å². The zero-order chi connectivity index (χ0) is 36.7. The molecule has 0 fully saturated rings. The van der Waals surface area contributed by atoms with Crippen molar-refractivity contribution in [1.82, 2.24) is 14.5 Å². The summed E-state index contributed by atoms with van der Waals surface area (Å²) in [4.78, 5) is 12.9. The maximum Gasteiger partial charge on any atom is 0.235 e. The summed E-state index contributed by atoms with van der Waals surface area (Å²) in [5.74, 6) is 3.49. The lowest BCUT2D eigenvalue weighted by Crippen LogP contribution is -2.21. The number of aromatic nitrogens is 3. The lowest BCUT2D eigenvalue weighted by Gasteiger charge is -2.38. The van der Waals surface area contributed by atoms with Crippen molar-refractivity contribution in [3.8, 4) is 62.5 Å². The number of para-hydroxylation sites is 2. The number of nitrogens with zero attached hydrogens (tertiary/aromatic N) is 4. The van der Waals surface area contributed by atoms with E-state index in [4.69, 9.17) is 19.4 Å². The number of fused-ring (bicyclic) bond motifs is 9. The van der Waals surface area contributed by atoms with Crippen LogP contribution in [0.1, 0.15) is 0 Å². The third-order valence-electron chi connectivity index (χ3n) is 11.0. The molecule has 0 bridgehead atoms. The topological polar surface area (TPSA) is 52.4 Å². The third-order valence-corrected chi connectivity index (χ3v) is 11.0. The minimum absolute atomic E-state index is 0.563. The predicted octanol–water partition coefficient (Wildman–Crippen LogP) is 13.4. The number of benzene rings is 8. The second kappa shape index (κ2) is 11.9. The normalized spacial score (nSPS) is 12.5. The molecule has 6 nitrogen and oxygen atoms in total. The Morgan fingerprint density at radius 1 is 0.411 bits per heavy atom. The minimum atomic E-state index is 0.563. The molecule has 262 valence electrons. The molecule has 0 amide bonds. The fourth-order valence-electron chi connectivity index (χ4n) is 8.41. The average Bonchev–Trinajstić information content (AvgIpc) is 3.60. The average molecular weight is 719 g/mol. The maximum absolute atomic E-state index is 7.20. The lowest BCUT2D eigenvalue weighted by atomic mass is 9.99. The molecule has 8 aromatic carbocycles. The molecule has 6 heteroatoms. The Kier molecular flexibility index (Phi) is 6.53. The van der Waals surface area contributed by atoms with Crippen LogP contribution >= 0.6 is 0 Å².